The maximum Gasteiger partial charge on any atom is 0.408 e. The quantitative estimate of drug-likeness (QED) is 0.306. The van der Waals surface area contributed by atoms with Crippen LogP contribution >= 0.6 is 0 Å². The number of alkyl carbamates (subject to hydrolysis) is 1. The normalized spacial score (nSPS) is 13.0. The van der Waals surface area contributed by atoms with Gasteiger partial charge in [-0.2, -0.15) is 0 Å². The van der Waals surface area contributed by atoms with E-state index < -0.39 is 23.8 Å². The number of hydrogen-bond acceptors (Lipinski definition) is 4. The van der Waals surface area contributed by atoms with Crippen molar-refractivity contribution in [1.82, 2.24) is 15.5 Å². The zero-order chi connectivity index (χ0) is 27.5. The van der Waals surface area contributed by atoms with Crippen molar-refractivity contribution in [2.45, 2.75) is 105 Å². The van der Waals surface area contributed by atoms with Gasteiger partial charge in [0.05, 0.1) is 0 Å². The lowest BCUT2D eigenvalue weighted by atomic mass is 9.95. The molecule has 0 aliphatic carbocycles. The number of hydrogen-bond donors (Lipinski definition) is 2. The SMILES string of the molecule is C#Cc1ccccc1C(C(=O)NCCCCC)N(C(=O)C(CC(C)C)NC(=O)OC(C)(C)C)C(C)C. The van der Waals surface area contributed by atoms with Crippen LogP contribution in [0.25, 0.3) is 0 Å². The highest BCUT2D eigenvalue weighted by molar-refractivity contribution is 5.92. The van der Waals surface area contributed by atoms with E-state index in [1.54, 1.807) is 39.0 Å². The van der Waals surface area contributed by atoms with Crippen LogP contribution in [-0.4, -0.2) is 47.0 Å². The average Bonchev–Trinajstić information content (AvgIpc) is 2.77. The fourth-order valence-electron chi connectivity index (χ4n) is 3.97. The number of rotatable bonds is 12. The van der Waals surface area contributed by atoms with Crippen LogP contribution in [0, 0.1) is 18.3 Å². The number of carbonyl (C=O) groups is 3. The molecule has 200 valence electrons. The second kappa shape index (κ2) is 14.5. The minimum absolute atomic E-state index is 0.113. The second-order valence-corrected chi connectivity index (χ2v) is 10.8. The Morgan fingerprint density at radius 3 is 2.25 bits per heavy atom. The lowest BCUT2D eigenvalue weighted by molar-refractivity contribution is -0.144. The summed E-state index contributed by atoms with van der Waals surface area (Å²) >= 11 is 0. The summed E-state index contributed by atoms with van der Waals surface area (Å²) in [6.45, 7) is 15.6. The van der Waals surface area contributed by atoms with Crippen molar-refractivity contribution in [3.05, 3.63) is 35.4 Å². The van der Waals surface area contributed by atoms with Crippen molar-refractivity contribution in [2.75, 3.05) is 6.54 Å². The highest BCUT2D eigenvalue weighted by Gasteiger charge is 2.38. The predicted octanol–water partition coefficient (Wildman–Crippen LogP) is 5.19. The highest BCUT2D eigenvalue weighted by atomic mass is 16.6. The number of amides is 3. The Bertz CT molecular complexity index is 912. The van der Waals surface area contributed by atoms with Crippen molar-refractivity contribution in [1.29, 1.82) is 0 Å². The van der Waals surface area contributed by atoms with Gasteiger partial charge >= 0.3 is 6.09 Å². The largest absolute Gasteiger partial charge is 0.444 e. The van der Waals surface area contributed by atoms with Gasteiger partial charge in [0.25, 0.3) is 0 Å². The van der Waals surface area contributed by atoms with Crippen molar-refractivity contribution in [3.8, 4) is 12.3 Å². The van der Waals surface area contributed by atoms with Gasteiger partial charge in [-0.15, -0.1) is 6.42 Å². The minimum Gasteiger partial charge on any atom is -0.444 e. The molecule has 7 heteroatoms. The molecule has 1 rings (SSSR count). The number of nitrogens with zero attached hydrogens (tertiary/aromatic N) is 1. The maximum atomic E-state index is 14.0. The molecule has 2 N–H and O–H groups in total. The van der Waals surface area contributed by atoms with E-state index >= 15 is 0 Å². The molecule has 0 radical (unpaired) electrons. The summed E-state index contributed by atoms with van der Waals surface area (Å²) in [5, 5.41) is 5.75. The Balaban J connectivity index is 3.47. The van der Waals surface area contributed by atoms with Gasteiger partial charge in [-0.05, 0) is 65.0 Å². The predicted molar refractivity (Wildman–Crippen MR) is 144 cm³/mol. The number of carbonyl (C=O) groups excluding carboxylic acids is 3. The first-order valence-electron chi connectivity index (χ1n) is 13.0. The van der Waals surface area contributed by atoms with Crippen molar-refractivity contribution < 1.29 is 19.1 Å². The smallest absolute Gasteiger partial charge is 0.408 e. The molecule has 0 aromatic heterocycles. The molecule has 1 aromatic rings. The van der Waals surface area contributed by atoms with Crippen molar-refractivity contribution >= 4 is 17.9 Å². The second-order valence-electron chi connectivity index (χ2n) is 10.8. The van der Waals surface area contributed by atoms with Crippen LogP contribution < -0.4 is 10.6 Å². The van der Waals surface area contributed by atoms with Gasteiger partial charge < -0.3 is 20.3 Å². The first-order valence-corrected chi connectivity index (χ1v) is 13.0. The molecule has 36 heavy (non-hydrogen) atoms. The molecule has 0 bridgehead atoms. The number of terminal acetylenes is 1. The van der Waals surface area contributed by atoms with E-state index in [0.29, 0.717) is 24.1 Å². The standard InChI is InChI=1S/C29H45N3O4/c1-10-12-15-18-30-26(33)25(23-17-14-13-16-22(23)11-2)32(21(5)6)27(34)24(19-20(3)4)31-28(35)36-29(7,8)9/h2,13-14,16-17,20-21,24-25H,10,12,15,18-19H2,1,3-9H3,(H,30,33)(H,31,35). The molecular weight excluding hydrogens is 454 g/mol. The molecular formula is C29H45N3O4. The topological polar surface area (TPSA) is 87.7 Å². The first kappa shape index (κ1) is 31.0. The van der Waals surface area contributed by atoms with E-state index in [-0.39, 0.29) is 23.8 Å². The van der Waals surface area contributed by atoms with Gasteiger partial charge in [-0.3, -0.25) is 9.59 Å². The third kappa shape index (κ3) is 9.93. The monoisotopic (exact) mass is 499 g/mol. The van der Waals surface area contributed by atoms with Gasteiger partial charge in [0, 0.05) is 18.2 Å². The van der Waals surface area contributed by atoms with Gasteiger partial charge in [0.15, 0.2) is 0 Å². The summed E-state index contributed by atoms with van der Waals surface area (Å²) in [7, 11) is 0. The molecule has 1 aromatic carbocycles. The van der Waals surface area contributed by atoms with E-state index in [0.717, 1.165) is 19.3 Å². The highest BCUT2D eigenvalue weighted by Crippen LogP contribution is 2.28. The average molecular weight is 500 g/mol. The number of benzene rings is 1. The van der Waals surface area contributed by atoms with Crippen LogP contribution in [-0.2, 0) is 14.3 Å². The molecule has 2 unspecified atom stereocenters. The Morgan fingerprint density at radius 2 is 1.72 bits per heavy atom. The Morgan fingerprint density at radius 1 is 1.08 bits per heavy atom. The maximum absolute atomic E-state index is 14.0. The zero-order valence-corrected chi connectivity index (χ0v) is 23.3. The van der Waals surface area contributed by atoms with Crippen molar-refractivity contribution in [2.24, 2.45) is 5.92 Å². The molecule has 0 fully saturated rings. The van der Waals surface area contributed by atoms with Crippen LogP contribution in [0.2, 0.25) is 0 Å². The molecule has 0 aliphatic rings. The zero-order valence-electron chi connectivity index (χ0n) is 23.3. The number of nitrogens with one attached hydrogen (secondary N) is 2. The summed E-state index contributed by atoms with van der Waals surface area (Å²) < 4.78 is 5.42. The molecule has 0 saturated carbocycles. The minimum atomic E-state index is -0.943. The van der Waals surface area contributed by atoms with Crippen LogP contribution in [0.4, 0.5) is 4.79 Å². The summed E-state index contributed by atoms with van der Waals surface area (Å²) in [4.78, 5) is 41.8. The van der Waals surface area contributed by atoms with E-state index in [9.17, 15) is 14.4 Å². The molecule has 2 atom stereocenters. The summed E-state index contributed by atoms with van der Waals surface area (Å²) in [6.07, 6.45) is 8.36. The van der Waals surface area contributed by atoms with Crippen LogP contribution in [0.1, 0.15) is 98.2 Å². The molecule has 0 aliphatic heterocycles. The Labute approximate surface area is 217 Å². The lowest BCUT2D eigenvalue weighted by Crippen LogP contribution is -2.55. The summed E-state index contributed by atoms with van der Waals surface area (Å²) in [6, 6.07) is 5.01. The lowest BCUT2D eigenvalue weighted by Gasteiger charge is -2.38. The van der Waals surface area contributed by atoms with Gasteiger partial charge in [-0.25, -0.2) is 4.79 Å². The van der Waals surface area contributed by atoms with Crippen molar-refractivity contribution in [3.63, 3.8) is 0 Å². The Hall–Kier alpha value is -3.01. The fourth-order valence-corrected chi connectivity index (χ4v) is 3.97. The fraction of sp³-hybridized carbons (Fsp3) is 0.621. The number of ether oxygens (including phenoxy) is 1. The molecule has 0 heterocycles. The van der Waals surface area contributed by atoms with Crippen LogP contribution in [0.3, 0.4) is 0 Å². The van der Waals surface area contributed by atoms with Gasteiger partial charge in [-0.1, -0.05) is 57.7 Å². The van der Waals surface area contributed by atoms with E-state index in [1.807, 2.05) is 33.8 Å². The third-order valence-electron chi connectivity index (χ3n) is 5.52. The van der Waals surface area contributed by atoms with Crippen LogP contribution in [0.15, 0.2) is 24.3 Å². The Kier molecular flexibility index (Phi) is 12.5. The summed E-state index contributed by atoms with van der Waals surface area (Å²) in [5.41, 5.74) is 0.417. The van der Waals surface area contributed by atoms with Gasteiger partial charge in [0.1, 0.15) is 17.7 Å². The molecule has 3 amide bonds. The molecule has 7 nitrogen and oxygen atoms in total. The molecule has 0 saturated heterocycles. The molecule has 0 spiro atoms. The third-order valence-corrected chi connectivity index (χ3v) is 5.52. The van der Waals surface area contributed by atoms with E-state index in [4.69, 9.17) is 11.2 Å². The van der Waals surface area contributed by atoms with Gasteiger partial charge in [0.2, 0.25) is 11.8 Å². The summed E-state index contributed by atoms with van der Waals surface area (Å²) in [5.74, 6) is 2.11. The van der Waals surface area contributed by atoms with E-state index in [1.165, 1.54) is 4.90 Å². The van der Waals surface area contributed by atoms with Crippen LogP contribution in [0.5, 0.6) is 0 Å². The van der Waals surface area contributed by atoms with E-state index in [2.05, 4.69) is 23.5 Å². The number of unbranched alkanes of at least 4 members (excludes halogenated alkanes) is 2. The first-order chi connectivity index (χ1) is 16.8.